The van der Waals surface area contributed by atoms with Gasteiger partial charge in [0.15, 0.2) is 11.6 Å². The fourth-order valence-electron chi connectivity index (χ4n) is 2.13. The average molecular weight is 340 g/mol. The van der Waals surface area contributed by atoms with Gasteiger partial charge >= 0.3 is 0 Å². The van der Waals surface area contributed by atoms with Gasteiger partial charge in [0, 0.05) is 29.8 Å². The van der Waals surface area contributed by atoms with Crippen LogP contribution in [0.3, 0.4) is 0 Å². The third kappa shape index (κ3) is 4.35. The van der Waals surface area contributed by atoms with Gasteiger partial charge in [-0.2, -0.15) is 0 Å². The van der Waals surface area contributed by atoms with Gasteiger partial charge in [-0.3, -0.25) is 14.8 Å². The van der Waals surface area contributed by atoms with Gasteiger partial charge in [-0.25, -0.2) is 8.78 Å². The fraction of sp³-hybridized carbons (Fsp3) is 0.0556. The van der Waals surface area contributed by atoms with Gasteiger partial charge in [0.1, 0.15) is 5.69 Å². The zero-order valence-corrected chi connectivity index (χ0v) is 13.0. The number of aromatic nitrogens is 2. The van der Waals surface area contributed by atoms with E-state index in [4.69, 9.17) is 0 Å². The van der Waals surface area contributed by atoms with Crippen molar-refractivity contribution >= 4 is 17.3 Å². The van der Waals surface area contributed by atoms with Crippen LogP contribution in [0.1, 0.15) is 16.2 Å². The van der Waals surface area contributed by atoms with Gasteiger partial charge < -0.3 is 10.6 Å². The molecule has 0 saturated carbocycles. The van der Waals surface area contributed by atoms with Crippen LogP contribution >= 0.6 is 0 Å². The molecule has 0 aliphatic rings. The standard InChI is InChI=1S/C18H14F2N4O/c19-15-5-4-13(9-16(15)20)24-18(25)17-10-12(6-8-22-17)23-11-14-3-1-2-7-21-14/h1-10H,11H2,(H,22,23)(H,24,25). The Morgan fingerprint density at radius 2 is 1.80 bits per heavy atom. The highest BCUT2D eigenvalue weighted by Gasteiger charge is 2.10. The fourth-order valence-corrected chi connectivity index (χ4v) is 2.13. The van der Waals surface area contributed by atoms with Gasteiger partial charge in [0.2, 0.25) is 0 Å². The number of benzene rings is 1. The maximum atomic E-state index is 13.2. The van der Waals surface area contributed by atoms with E-state index in [1.54, 1.807) is 18.3 Å². The highest BCUT2D eigenvalue weighted by atomic mass is 19.2. The van der Waals surface area contributed by atoms with Crippen LogP contribution in [-0.2, 0) is 6.54 Å². The molecule has 0 atom stereocenters. The van der Waals surface area contributed by atoms with Crippen LogP contribution in [-0.4, -0.2) is 15.9 Å². The summed E-state index contributed by atoms with van der Waals surface area (Å²) in [5.74, 6) is -2.53. The number of hydrogen-bond donors (Lipinski definition) is 2. The van der Waals surface area contributed by atoms with Gasteiger partial charge in [0.05, 0.1) is 12.2 Å². The summed E-state index contributed by atoms with van der Waals surface area (Å²) in [6, 6.07) is 12.0. The van der Waals surface area contributed by atoms with Crippen molar-refractivity contribution < 1.29 is 13.6 Å². The Balaban J connectivity index is 1.67. The molecule has 2 heterocycles. The van der Waals surface area contributed by atoms with Crippen LogP contribution in [0.15, 0.2) is 60.9 Å². The van der Waals surface area contributed by atoms with E-state index in [0.717, 1.165) is 17.8 Å². The maximum absolute atomic E-state index is 13.2. The zero-order valence-electron chi connectivity index (χ0n) is 13.0. The molecule has 126 valence electrons. The van der Waals surface area contributed by atoms with Gasteiger partial charge in [-0.05, 0) is 36.4 Å². The smallest absolute Gasteiger partial charge is 0.274 e. The van der Waals surface area contributed by atoms with Crippen molar-refractivity contribution in [1.82, 2.24) is 9.97 Å². The molecule has 1 amide bonds. The minimum absolute atomic E-state index is 0.149. The van der Waals surface area contributed by atoms with Crippen molar-refractivity contribution in [3.8, 4) is 0 Å². The lowest BCUT2D eigenvalue weighted by Gasteiger charge is -2.08. The predicted octanol–water partition coefficient (Wildman–Crippen LogP) is 3.62. The van der Waals surface area contributed by atoms with Crippen molar-refractivity contribution in [2.45, 2.75) is 6.54 Å². The minimum atomic E-state index is -1.03. The summed E-state index contributed by atoms with van der Waals surface area (Å²) in [5.41, 5.74) is 1.84. The topological polar surface area (TPSA) is 66.9 Å². The first-order chi connectivity index (χ1) is 12.1. The Labute approximate surface area is 142 Å². The third-order valence-corrected chi connectivity index (χ3v) is 3.37. The number of nitrogens with one attached hydrogen (secondary N) is 2. The van der Waals surface area contributed by atoms with E-state index in [0.29, 0.717) is 12.2 Å². The average Bonchev–Trinajstić information content (AvgIpc) is 2.64. The minimum Gasteiger partial charge on any atom is -0.379 e. The Bertz CT molecular complexity index is 887. The summed E-state index contributed by atoms with van der Waals surface area (Å²) in [4.78, 5) is 20.4. The number of anilines is 2. The Morgan fingerprint density at radius 3 is 2.56 bits per heavy atom. The first-order valence-corrected chi connectivity index (χ1v) is 7.48. The summed E-state index contributed by atoms with van der Waals surface area (Å²) in [5, 5.41) is 5.62. The summed E-state index contributed by atoms with van der Waals surface area (Å²) in [6.45, 7) is 0.495. The third-order valence-electron chi connectivity index (χ3n) is 3.37. The van der Waals surface area contributed by atoms with Gasteiger partial charge in [-0.1, -0.05) is 6.07 Å². The molecule has 0 saturated heterocycles. The van der Waals surface area contributed by atoms with Crippen molar-refractivity contribution in [2.75, 3.05) is 10.6 Å². The quantitative estimate of drug-likeness (QED) is 0.744. The number of carbonyl (C=O) groups is 1. The lowest BCUT2D eigenvalue weighted by atomic mass is 10.2. The molecular weight excluding hydrogens is 326 g/mol. The van der Waals surface area contributed by atoms with Gasteiger partial charge in [0.25, 0.3) is 5.91 Å². The number of amides is 1. The molecule has 2 aromatic heterocycles. The molecule has 0 bridgehead atoms. The predicted molar refractivity (Wildman–Crippen MR) is 90.1 cm³/mol. The number of carbonyl (C=O) groups excluding carboxylic acids is 1. The SMILES string of the molecule is O=C(Nc1ccc(F)c(F)c1)c1cc(NCc2ccccn2)ccn1. The second kappa shape index (κ2) is 7.48. The second-order valence-electron chi connectivity index (χ2n) is 5.19. The molecule has 0 spiro atoms. The number of rotatable bonds is 5. The second-order valence-corrected chi connectivity index (χ2v) is 5.19. The normalized spacial score (nSPS) is 10.3. The Kier molecular flexibility index (Phi) is 4.94. The van der Waals surface area contributed by atoms with Crippen LogP contribution < -0.4 is 10.6 Å². The zero-order chi connectivity index (χ0) is 17.6. The molecule has 1 aromatic carbocycles. The van der Waals surface area contributed by atoms with Crippen LogP contribution in [0.25, 0.3) is 0 Å². The first kappa shape index (κ1) is 16.5. The van der Waals surface area contributed by atoms with E-state index in [2.05, 4.69) is 20.6 Å². The largest absolute Gasteiger partial charge is 0.379 e. The highest BCUT2D eigenvalue weighted by Crippen LogP contribution is 2.15. The van der Waals surface area contributed by atoms with Crippen LogP contribution in [0.2, 0.25) is 0 Å². The lowest BCUT2D eigenvalue weighted by molar-refractivity contribution is 0.102. The first-order valence-electron chi connectivity index (χ1n) is 7.48. The molecule has 0 aliphatic heterocycles. The molecule has 0 fully saturated rings. The van der Waals surface area contributed by atoms with E-state index in [9.17, 15) is 13.6 Å². The summed E-state index contributed by atoms with van der Waals surface area (Å²) in [7, 11) is 0. The van der Waals surface area contributed by atoms with Gasteiger partial charge in [-0.15, -0.1) is 0 Å². The summed E-state index contributed by atoms with van der Waals surface area (Å²) in [6.07, 6.45) is 3.19. The molecule has 7 heteroatoms. The number of nitrogens with zero attached hydrogens (tertiary/aromatic N) is 2. The molecule has 0 radical (unpaired) electrons. The van der Waals surface area contributed by atoms with Crippen LogP contribution in [0, 0.1) is 11.6 Å². The van der Waals surface area contributed by atoms with Crippen LogP contribution in [0.4, 0.5) is 20.2 Å². The number of hydrogen-bond acceptors (Lipinski definition) is 4. The molecule has 0 aliphatic carbocycles. The number of halogens is 2. The molecule has 3 rings (SSSR count). The van der Waals surface area contributed by atoms with E-state index in [1.807, 2.05) is 18.2 Å². The van der Waals surface area contributed by atoms with E-state index in [-0.39, 0.29) is 11.4 Å². The van der Waals surface area contributed by atoms with E-state index < -0.39 is 17.5 Å². The van der Waals surface area contributed by atoms with Crippen molar-refractivity contribution in [3.05, 3.63) is 83.9 Å². The molecule has 25 heavy (non-hydrogen) atoms. The van der Waals surface area contributed by atoms with Crippen molar-refractivity contribution in [3.63, 3.8) is 0 Å². The Hall–Kier alpha value is -3.35. The number of pyridine rings is 2. The van der Waals surface area contributed by atoms with E-state index in [1.165, 1.54) is 12.3 Å². The lowest BCUT2D eigenvalue weighted by Crippen LogP contribution is -2.14. The maximum Gasteiger partial charge on any atom is 0.274 e. The monoisotopic (exact) mass is 340 g/mol. The van der Waals surface area contributed by atoms with E-state index >= 15 is 0 Å². The molecular formula is C18H14F2N4O. The summed E-state index contributed by atoms with van der Waals surface area (Å²) >= 11 is 0. The van der Waals surface area contributed by atoms with Crippen LogP contribution in [0.5, 0.6) is 0 Å². The molecule has 5 nitrogen and oxygen atoms in total. The van der Waals surface area contributed by atoms with Crippen molar-refractivity contribution in [2.24, 2.45) is 0 Å². The Morgan fingerprint density at radius 1 is 0.920 bits per heavy atom. The summed E-state index contributed by atoms with van der Waals surface area (Å²) < 4.78 is 26.1. The van der Waals surface area contributed by atoms with Crippen molar-refractivity contribution in [1.29, 1.82) is 0 Å². The molecule has 0 unspecified atom stereocenters. The molecule has 3 aromatic rings. The highest BCUT2D eigenvalue weighted by molar-refractivity contribution is 6.03. The molecule has 2 N–H and O–H groups in total.